The normalized spacial score (nSPS) is 12.7. The highest BCUT2D eigenvalue weighted by atomic mass is 16.3. The van der Waals surface area contributed by atoms with E-state index in [1.165, 1.54) is 0 Å². The Morgan fingerprint density at radius 2 is 2.15 bits per heavy atom. The molecule has 0 fully saturated rings. The summed E-state index contributed by atoms with van der Waals surface area (Å²) in [7, 11) is 0. The lowest BCUT2D eigenvalue weighted by Gasteiger charge is -2.14. The molecule has 1 unspecified atom stereocenters. The number of furan rings is 1. The third kappa shape index (κ3) is 2.56. The Bertz CT molecular complexity index is 645. The van der Waals surface area contributed by atoms with Crippen molar-refractivity contribution in [1.82, 2.24) is 15.3 Å². The summed E-state index contributed by atoms with van der Waals surface area (Å²) in [5.41, 5.74) is 1.77. The van der Waals surface area contributed by atoms with Crippen LogP contribution in [-0.2, 0) is 0 Å². The van der Waals surface area contributed by atoms with E-state index in [0.717, 1.165) is 35.4 Å². The zero-order valence-electron chi connectivity index (χ0n) is 11.4. The summed E-state index contributed by atoms with van der Waals surface area (Å²) in [6.45, 7) is 3.04. The number of rotatable bonds is 5. The maximum atomic E-state index is 5.95. The van der Waals surface area contributed by atoms with Gasteiger partial charge in [0, 0.05) is 17.8 Å². The Kier molecular flexibility index (Phi) is 3.74. The molecule has 20 heavy (non-hydrogen) atoms. The summed E-state index contributed by atoms with van der Waals surface area (Å²) in [5, 5.41) is 4.57. The summed E-state index contributed by atoms with van der Waals surface area (Å²) in [6.07, 6.45) is 6.22. The second kappa shape index (κ2) is 5.84. The molecule has 0 aliphatic rings. The van der Waals surface area contributed by atoms with Gasteiger partial charge in [0.05, 0.1) is 11.9 Å². The smallest absolute Gasteiger partial charge is 0.134 e. The molecule has 1 aromatic carbocycles. The van der Waals surface area contributed by atoms with Crippen molar-refractivity contribution in [2.24, 2.45) is 0 Å². The quantitative estimate of drug-likeness (QED) is 0.770. The van der Waals surface area contributed by atoms with Crippen molar-refractivity contribution < 1.29 is 4.42 Å². The number of para-hydroxylation sites is 1. The van der Waals surface area contributed by atoms with E-state index in [4.69, 9.17) is 4.42 Å². The molecule has 3 aromatic rings. The molecule has 1 atom stereocenters. The summed E-state index contributed by atoms with van der Waals surface area (Å²) in [4.78, 5) is 8.54. The predicted octanol–water partition coefficient (Wildman–Crippen LogP) is 3.31. The molecule has 0 radical (unpaired) electrons. The summed E-state index contributed by atoms with van der Waals surface area (Å²) < 4.78 is 5.95. The van der Waals surface area contributed by atoms with Crippen molar-refractivity contribution in [1.29, 1.82) is 0 Å². The van der Waals surface area contributed by atoms with E-state index >= 15 is 0 Å². The second-order valence-corrected chi connectivity index (χ2v) is 4.70. The molecule has 0 aliphatic carbocycles. The van der Waals surface area contributed by atoms with Crippen LogP contribution in [0.15, 0.2) is 53.3 Å². The lowest BCUT2D eigenvalue weighted by Crippen LogP contribution is -2.23. The fraction of sp³-hybridized carbons (Fsp3) is 0.250. The van der Waals surface area contributed by atoms with Gasteiger partial charge in [0.2, 0.25) is 0 Å². The Balaban J connectivity index is 2.00. The van der Waals surface area contributed by atoms with Gasteiger partial charge in [-0.2, -0.15) is 0 Å². The number of benzene rings is 1. The predicted molar refractivity (Wildman–Crippen MR) is 78.4 cm³/mol. The van der Waals surface area contributed by atoms with Gasteiger partial charge in [-0.1, -0.05) is 25.1 Å². The largest absolute Gasteiger partial charge is 0.459 e. The molecule has 0 bridgehead atoms. The Hall–Kier alpha value is -2.20. The first-order valence-electron chi connectivity index (χ1n) is 6.86. The number of fused-ring (bicyclic) bond motifs is 1. The van der Waals surface area contributed by atoms with Crippen molar-refractivity contribution >= 4 is 11.0 Å². The molecule has 0 amide bonds. The minimum absolute atomic E-state index is 0.0592. The van der Waals surface area contributed by atoms with Gasteiger partial charge in [-0.3, -0.25) is 9.97 Å². The first kappa shape index (κ1) is 12.8. The molecule has 0 aliphatic heterocycles. The van der Waals surface area contributed by atoms with Gasteiger partial charge in [0.1, 0.15) is 17.4 Å². The molecular formula is C16H17N3O. The topological polar surface area (TPSA) is 51.0 Å². The van der Waals surface area contributed by atoms with Crippen LogP contribution >= 0.6 is 0 Å². The van der Waals surface area contributed by atoms with Crippen LogP contribution in [-0.4, -0.2) is 16.5 Å². The van der Waals surface area contributed by atoms with E-state index in [2.05, 4.69) is 34.3 Å². The van der Waals surface area contributed by atoms with Gasteiger partial charge < -0.3 is 9.73 Å². The number of hydrogen-bond donors (Lipinski definition) is 1. The van der Waals surface area contributed by atoms with Gasteiger partial charge in [-0.25, -0.2) is 0 Å². The molecule has 1 N–H and O–H groups in total. The average molecular weight is 267 g/mol. The highest BCUT2D eigenvalue weighted by Crippen LogP contribution is 2.27. The molecule has 3 rings (SSSR count). The highest BCUT2D eigenvalue weighted by Gasteiger charge is 2.19. The number of nitrogens with zero attached hydrogens (tertiary/aromatic N) is 2. The lowest BCUT2D eigenvalue weighted by atomic mass is 10.1. The van der Waals surface area contributed by atoms with Crippen LogP contribution in [0.25, 0.3) is 11.0 Å². The Morgan fingerprint density at radius 1 is 1.25 bits per heavy atom. The zero-order chi connectivity index (χ0) is 13.8. The third-order valence-electron chi connectivity index (χ3n) is 3.21. The molecule has 0 saturated heterocycles. The van der Waals surface area contributed by atoms with Crippen LogP contribution in [0.4, 0.5) is 0 Å². The maximum Gasteiger partial charge on any atom is 0.134 e. The van der Waals surface area contributed by atoms with Gasteiger partial charge in [0.15, 0.2) is 0 Å². The molecule has 2 aromatic heterocycles. The molecule has 0 saturated carbocycles. The van der Waals surface area contributed by atoms with E-state index < -0.39 is 0 Å². The minimum atomic E-state index is -0.0592. The number of nitrogens with one attached hydrogen (secondary N) is 1. The summed E-state index contributed by atoms with van der Waals surface area (Å²) in [6, 6.07) is 10.0. The summed E-state index contributed by atoms with van der Waals surface area (Å²) in [5.74, 6) is 0.875. The first-order valence-corrected chi connectivity index (χ1v) is 6.86. The van der Waals surface area contributed by atoms with Crippen LogP contribution in [0.3, 0.4) is 0 Å². The Morgan fingerprint density at radius 3 is 2.90 bits per heavy atom. The van der Waals surface area contributed by atoms with Crippen molar-refractivity contribution in [3.63, 3.8) is 0 Å². The van der Waals surface area contributed by atoms with E-state index in [-0.39, 0.29) is 6.04 Å². The van der Waals surface area contributed by atoms with Gasteiger partial charge in [-0.05, 0) is 25.1 Å². The standard InChI is InChI=1S/C16H17N3O/c1-2-7-19-16(13-11-17-8-9-18-13)15-10-12-5-3-4-6-14(12)20-15/h3-6,8-11,16,19H,2,7H2,1H3. The van der Waals surface area contributed by atoms with Crippen LogP contribution in [0.1, 0.15) is 30.8 Å². The van der Waals surface area contributed by atoms with Gasteiger partial charge >= 0.3 is 0 Å². The van der Waals surface area contributed by atoms with Crippen molar-refractivity contribution in [3.05, 3.63) is 60.4 Å². The van der Waals surface area contributed by atoms with E-state index in [9.17, 15) is 0 Å². The van der Waals surface area contributed by atoms with Crippen LogP contribution in [0.5, 0.6) is 0 Å². The number of aromatic nitrogens is 2. The molecule has 4 heteroatoms. The van der Waals surface area contributed by atoms with Crippen molar-refractivity contribution in [2.45, 2.75) is 19.4 Å². The average Bonchev–Trinajstić information content (AvgIpc) is 2.92. The monoisotopic (exact) mass is 267 g/mol. The Labute approximate surface area is 117 Å². The lowest BCUT2D eigenvalue weighted by molar-refractivity contribution is 0.463. The molecular weight excluding hydrogens is 250 g/mol. The fourth-order valence-corrected chi connectivity index (χ4v) is 2.24. The molecule has 4 nitrogen and oxygen atoms in total. The summed E-state index contributed by atoms with van der Waals surface area (Å²) >= 11 is 0. The zero-order valence-corrected chi connectivity index (χ0v) is 11.4. The molecule has 2 heterocycles. The molecule has 0 spiro atoms. The third-order valence-corrected chi connectivity index (χ3v) is 3.21. The fourth-order valence-electron chi connectivity index (χ4n) is 2.24. The maximum absolute atomic E-state index is 5.95. The minimum Gasteiger partial charge on any atom is -0.459 e. The second-order valence-electron chi connectivity index (χ2n) is 4.70. The first-order chi connectivity index (χ1) is 9.88. The van der Waals surface area contributed by atoms with Crippen LogP contribution in [0, 0.1) is 0 Å². The SMILES string of the molecule is CCCNC(c1cnccn1)c1cc2ccccc2o1. The van der Waals surface area contributed by atoms with E-state index in [0.29, 0.717) is 0 Å². The van der Waals surface area contributed by atoms with Gasteiger partial charge in [-0.15, -0.1) is 0 Å². The van der Waals surface area contributed by atoms with Crippen molar-refractivity contribution in [3.8, 4) is 0 Å². The van der Waals surface area contributed by atoms with Crippen molar-refractivity contribution in [2.75, 3.05) is 6.54 Å². The van der Waals surface area contributed by atoms with Gasteiger partial charge in [0.25, 0.3) is 0 Å². The van der Waals surface area contributed by atoms with Crippen LogP contribution in [0.2, 0.25) is 0 Å². The molecule has 102 valence electrons. The number of hydrogen-bond acceptors (Lipinski definition) is 4. The van der Waals surface area contributed by atoms with Crippen LogP contribution < -0.4 is 5.32 Å². The van der Waals surface area contributed by atoms with E-state index in [1.54, 1.807) is 18.6 Å². The van der Waals surface area contributed by atoms with E-state index in [1.807, 2.05) is 18.2 Å². The highest BCUT2D eigenvalue weighted by molar-refractivity contribution is 5.77.